The van der Waals surface area contributed by atoms with Crippen molar-refractivity contribution in [1.82, 2.24) is 5.32 Å². The fourth-order valence-electron chi connectivity index (χ4n) is 3.16. The van der Waals surface area contributed by atoms with Gasteiger partial charge in [0.15, 0.2) is 0 Å². The first-order valence-corrected chi connectivity index (χ1v) is 8.65. The summed E-state index contributed by atoms with van der Waals surface area (Å²) in [6.45, 7) is 12.4. The van der Waals surface area contributed by atoms with E-state index in [-0.39, 0.29) is 11.3 Å². The van der Waals surface area contributed by atoms with E-state index in [1.807, 2.05) is 12.1 Å². The fraction of sp³-hybridized carbons (Fsp3) is 0.632. The lowest BCUT2D eigenvalue weighted by atomic mass is 9.86. The molecule has 0 atom stereocenters. The molecule has 0 radical (unpaired) electrons. The molecule has 1 amide bonds. The number of carbonyl (C=O) groups excluding carboxylic acids is 1. The van der Waals surface area contributed by atoms with Crippen LogP contribution in [0.25, 0.3) is 0 Å². The standard InChI is InChI=1S/C19H30N2O/c1-5-12-21-13-10-17(11-14-21)20-18(22)15-6-8-16(9-7-15)19(2,3)4/h6-9,17H,5,10-14H2,1-4H3,(H,20,22)/p+1. The Morgan fingerprint density at radius 2 is 1.77 bits per heavy atom. The summed E-state index contributed by atoms with van der Waals surface area (Å²) in [6, 6.07) is 8.39. The van der Waals surface area contributed by atoms with Gasteiger partial charge in [0.25, 0.3) is 5.91 Å². The molecule has 1 fully saturated rings. The van der Waals surface area contributed by atoms with E-state index in [9.17, 15) is 4.79 Å². The number of benzene rings is 1. The quantitative estimate of drug-likeness (QED) is 0.878. The zero-order chi connectivity index (χ0) is 16.2. The van der Waals surface area contributed by atoms with E-state index in [0.29, 0.717) is 6.04 Å². The van der Waals surface area contributed by atoms with Crippen molar-refractivity contribution in [2.75, 3.05) is 19.6 Å². The Bertz CT molecular complexity index is 479. The summed E-state index contributed by atoms with van der Waals surface area (Å²) < 4.78 is 0. The maximum Gasteiger partial charge on any atom is 0.251 e. The van der Waals surface area contributed by atoms with Crippen LogP contribution in [0.1, 0.15) is 62.9 Å². The number of hydrogen-bond donors (Lipinski definition) is 2. The molecule has 3 heteroatoms. The molecule has 1 aliphatic rings. The summed E-state index contributed by atoms with van der Waals surface area (Å²) in [4.78, 5) is 14.0. The van der Waals surface area contributed by atoms with Gasteiger partial charge in [0.05, 0.1) is 19.6 Å². The molecule has 0 bridgehead atoms. The van der Waals surface area contributed by atoms with Crippen LogP contribution in [0, 0.1) is 0 Å². The van der Waals surface area contributed by atoms with E-state index in [1.54, 1.807) is 4.90 Å². The van der Waals surface area contributed by atoms with Crippen LogP contribution < -0.4 is 10.2 Å². The number of quaternary nitrogens is 1. The third-order valence-corrected chi connectivity index (χ3v) is 4.64. The Kier molecular flexibility index (Phi) is 5.63. The number of nitrogens with one attached hydrogen (secondary N) is 2. The van der Waals surface area contributed by atoms with Crippen molar-refractivity contribution in [3.8, 4) is 0 Å². The molecule has 1 aromatic carbocycles. The second kappa shape index (κ2) is 7.28. The van der Waals surface area contributed by atoms with E-state index in [1.165, 1.54) is 31.6 Å². The number of rotatable bonds is 4. The minimum atomic E-state index is 0.0735. The smallest absolute Gasteiger partial charge is 0.251 e. The summed E-state index contributed by atoms with van der Waals surface area (Å²) in [7, 11) is 0. The Morgan fingerprint density at radius 1 is 1.18 bits per heavy atom. The summed E-state index contributed by atoms with van der Waals surface area (Å²) in [6.07, 6.45) is 3.44. The average Bonchev–Trinajstić information content (AvgIpc) is 2.49. The third kappa shape index (κ3) is 4.57. The molecule has 0 aliphatic carbocycles. The van der Waals surface area contributed by atoms with Crippen molar-refractivity contribution < 1.29 is 9.69 Å². The van der Waals surface area contributed by atoms with Crippen LogP contribution in [0.5, 0.6) is 0 Å². The van der Waals surface area contributed by atoms with Gasteiger partial charge in [0, 0.05) is 24.4 Å². The summed E-state index contributed by atoms with van der Waals surface area (Å²) in [5, 5.41) is 3.20. The highest BCUT2D eigenvalue weighted by molar-refractivity contribution is 5.94. The maximum atomic E-state index is 12.4. The molecule has 3 nitrogen and oxygen atoms in total. The van der Waals surface area contributed by atoms with Gasteiger partial charge >= 0.3 is 0 Å². The first kappa shape index (κ1) is 17.0. The van der Waals surface area contributed by atoms with Gasteiger partial charge in [-0.1, -0.05) is 39.8 Å². The minimum Gasteiger partial charge on any atom is -0.349 e. The van der Waals surface area contributed by atoms with Crippen LogP contribution in [-0.4, -0.2) is 31.6 Å². The SMILES string of the molecule is CCC[NH+]1CCC(NC(=O)c2ccc(C(C)(C)C)cc2)CC1. The van der Waals surface area contributed by atoms with Gasteiger partial charge in [-0.15, -0.1) is 0 Å². The molecule has 0 unspecified atom stereocenters. The van der Waals surface area contributed by atoms with Crippen molar-refractivity contribution in [2.24, 2.45) is 0 Å². The number of amides is 1. The van der Waals surface area contributed by atoms with Gasteiger partial charge in [0.1, 0.15) is 0 Å². The molecule has 22 heavy (non-hydrogen) atoms. The molecule has 0 spiro atoms. The topological polar surface area (TPSA) is 33.5 Å². The lowest BCUT2D eigenvalue weighted by molar-refractivity contribution is -0.905. The van der Waals surface area contributed by atoms with E-state index in [2.05, 4.69) is 45.1 Å². The van der Waals surface area contributed by atoms with Crippen LogP contribution in [0.3, 0.4) is 0 Å². The van der Waals surface area contributed by atoms with E-state index in [4.69, 9.17) is 0 Å². The average molecular weight is 303 g/mol. The highest BCUT2D eigenvalue weighted by atomic mass is 16.1. The molecular weight excluding hydrogens is 272 g/mol. The maximum absolute atomic E-state index is 12.4. The highest BCUT2D eigenvalue weighted by Gasteiger charge is 2.23. The van der Waals surface area contributed by atoms with Crippen LogP contribution in [0.15, 0.2) is 24.3 Å². The molecule has 1 heterocycles. The Labute approximate surface area is 135 Å². The third-order valence-electron chi connectivity index (χ3n) is 4.64. The molecule has 0 aromatic heterocycles. The number of carbonyl (C=O) groups is 1. The van der Waals surface area contributed by atoms with E-state index < -0.39 is 0 Å². The molecule has 0 saturated carbocycles. The first-order valence-electron chi connectivity index (χ1n) is 8.65. The largest absolute Gasteiger partial charge is 0.349 e. The van der Waals surface area contributed by atoms with Crippen LogP contribution in [-0.2, 0) is 5.41 Å². The van der Waals surface area contributed by atoms with E-state index in [0.717, 1.165) is 18.4 Å². The van der Waals surface area contributed by atoms with Gasteiger partial charge in [-0.25, -0.2) is 0 Å². The predicted octanol–water partition coefficient (Wildman–Crippen LogP) is 2.17. The Hall–Kier alpha value is -1.35. The van der Waals surface area contributed by atoms with Crippen molar-refractivity contribution >= 4 is 5.91 Å². The van der Waals surface area contributed by atoms with Gasteiger partial charge in [-0.3, -0.25) is 4.79 Å². The Morgan fingerprint density at radius 3 is 2.27 bits per heavy atom. The van der Waals surface area contributed by atoms with Crippen molar-refractivity contribution in [3.63, 3.8) is 0 Å². The zero-order valence-corrected chi connectivity index (χ0v) is 14.5. The number of hydrogen-bond acceptors (Lipinski definition) is 1. The summed E-state index contributed by atoms with van der Waals surface area (Å²) in [5.74, 6) is 0.0735. The monoisotopic (exact) mass is 303 g/mol. The van der Waals surface area contributed by atoms with Gasteiger partial charge in [0.2, 0.25) is 0 Å². The molecule has 1 aliphatic heterocycles. The summed E-state index contributed by atoms with van der Waals surface area (Å²) >= 11 is 0. The van der Waals surface area contributed by atoms with Crippen molar-refractivity contribution in [1.29, 1.82) is 0 Å². The van der Waals surface area contributed by atoms with Crippen LogP contribution in [0.2, 0.25) is 0 Å². The minimum absolute atomic E-state index is 0.0735. The Balaban J connectivity index is 1.88. The van der Waals surface area contributed by atoms with Gasteiger partial charge in [-0.05, 0) is 29.5 Å². The summed E-state index contributed by atoms with van der Waals surface area (Å²) in [5.41, 5.74) is 2.17. The number of likely N-dealkylation sites (tertiary alicyclic amines) is 1. The van der Waals surface area contributed by atoms with E-state index >= 15 is 0 Å². The van der Waals surface area contributed by atoms with Crippen LogP contribution in [0.4, 0.5) is 0 Å². The van der Waals surface area contributed by atoms with Gasteiger partial charge < -0.3 is 10.2 Å². The lowest BCUT2D eigenvalue weighted by Gasteiger charge is -2.29. The highest BCUT2D eigenvalue weighted by Crippen LogP contribution is 2.22. The first-order chi connectivity index (χ1) is 10.4. The lowest BCUT2D eigenvalue weighted by Crippen LogP contribution is -3.13. The molecule has 122 valence electrons. The molecular formula is C19H31N2O+. The molecule has 1 aromatic rings. The second-order valence-electron chi connectivity index (χ2n) is 7.58. The van der Waals surface area contributed by atoms with Crippen molar-refractivity contribution in [2.45, 2.75) is 58.4 Å². The predicted molar refractivity (Wildman–Crippen MR) is 91.5 cm³/mol. The van der Waals surface area contributed by atoms with Crippen molar-refractivity contribution in [3.05, 3.63) is 35.4 Å². The second-order valence-corrected chi connectivity index (χ2v) is 7.58. The molecule has 2 N–H and O–H groups in total. The molecule has 1 saturated heterocycles. The number of piperidine rings is 1. The molecule has 2 rings (SSSR count). The fourth-order valence-corrected chi connectivity index (χ4v) is 3.16. The zero-order valence-electron chi connectivity index (χ0n) is 14.5. The normalized spacial score (nSPS) is 22.4. The van der Waals surface area contributed by atoms with Crippen LogP contribution >= 0.6 is 0 Å². The van der Waals surface area contributed by atoms with Gasteiger partial charge in [-0.2, -0.15) is 0 Å².